The predicted octanol–water partition coefficient (Wildman–Crippen LogP) is 2.58. The monoisotopic (exact) mass is 650 g/mol. The summed E-state index contributed by atoms with van der Waals surface area (Å²) in [6, 6.07) is 16.0. The number of nitrogens with zero attached hydrogens (tertiary/aromatic N) is 1. The van der Waals surface area contributed by atoms with Crippen molar-refractivity contribution >= 4 is 37.1 Å². The van der Waals surface area contributed by atoms with Crippen molar-refractivity contribution < 1.29 is 41.3 Å². The minimum atomic E-state index is -3.83. The lowest BCUT2D eigenvalue weighted by Gasteiger charge is -2.34. The minimum absolute atomic E-state index is 0.00471. The summed E-state index contributed by atoms with van der Waals surface area (Å²) in [4.78, 5) is 2.28. The predicted molar refractivity (Wildman–Crippen MR) is 168 cm³/mol. The Balaban J connectivity index is 1.22. The number of benzene rings is 3. The Morgan fingerprint density at radius 2 is 1.59 bits per heavy atom. The third-order valence-corrected chi connectivity index (χ3v) is 8.96. The number of aliphatic hydroxyl groups is 1. The fraction of sp³-hybridized carbons (Fsp3) is 0.379. The molecule has 0 spiro atoms. The minimum Gasteiger partial charge on any atom is -0.506 e. The summed E-state index contributed by atoms with van der Waals surface area (Å²) in [6.07, 6.45) is 1.87. The second kappa shape index (κ2) is 14.2. The summed E-state index contributed by atoms with van der Waals surface area (Å²) in [5.74, 6) is 0.830. The molecule has 1 atom stereocenters. The number of hydrogen-bond donors (Lipinski definition) is 5. The molecule has 0 radical (unpaired) electrons. The number of phenols is 1. The molecule has 15 heteroatoms. The zero-order valence-corrected chi connectivity index (χ0v) is 26.3. The Morgan fingerprint density at radius 1 is 0.909 bits per heavy atom. The number of ether oxygens (including phenoxy) is 3. The molecule has 240 valence electrons. The van der Waals surface area contributed by atoms with Gasteiger partial charge in [0, 0.05) is 49.2 Å². The lowest BCUT2D eigenvalue weighted by molar-refractivity contribution is 0.102. The molecule has 5 N–H and O–H groups in total. The maximum atomic E-state index is 12.9. The SMILES string of the molecule is COc1ccc(S(=O)(=O)Nc2ccc(N3CCC(NC[C@H](O)COc4ccc(O)c(NS(C)(=O)=O)c4)CC3)cc2)cc1OC. The first-order valence-corrected chi connectivity index (χ1v) is 17.2. The number of aromatic hydroxyl groups is 1. The van der Waals surface area contributed by atoms with Gasteiger partial charge in [0.05, 0.1) is 31.1 Å². The first kappa shape index (κ1) is 33.0. The maximum Gasteiger partial charge on any atom is 0.262 e. The van der Waals surface area contributed by atoms with Gasteiger partial charge < -0.3 is 34.6 Å². The van der Waals surface area contributed by atoms with Crippen molar-refractivity contribution in [2.75, 3.05) is 61.1 Å². The van der Waals surface area contributed by atoms with Crippen molar-refractivity contribution in [2.45, 2.75) is 29.9 Å². The second-order valence-corrected chi connectivity index (χ2v) is 13.8. The summed E-state index contributed by atoms with van der Waals surface area (Å²) in [5, 5.41) is 23.6. The van der Waals surface area contributed by atoms with Crippen LogP contribution < -0.4 is 33.9 Å². The molecule has 3 aromatic carbocycles. The maximum absolute atomic E-state index is 12.9. The zero-order chi connectivity index (χ0) is 31.9. The molecule has 4 rings (SSSR count). The van der Waals surface area contributed by atoms with Gasteiger partial charge in [-0.1, -0.05) is 0 Å². The summed E-state index contributed by atoms with van der Waals surface area (Å²) >= 11 is 0. The highest BCUT2D eigenvalue weighted by Gasteiger charge is 2.21. The van der Waals surface area contributed by atoms with E-state index < -0.39 is 26.2 Å². The molecule has 1 aliphatic rings. The van der Waals surface area contributed by atoms with E-state index in [0.29, 0.717) is 29.5 Å². The van der Waals surface area contributed by atoms with E-state index in [4.69, 9.17) is 14.2 Å². The van der Waals surface area contributed by atoms with Gasteiger partial charge in [0.25, 0.3) is 10.0 Å². The molecule has 0 amide bonds. The van der Waals surface area contributed by atoms with Crippen LogP contribution in [0.2, 0.25) is 0 Å². The van der Waals surface area contributed by atoms with Crippen molar-refractivity contribution in [2.24, 2.45) is 0 Å². The highest BCUT2D eigenvalue weighted by Crippen LogP contribution is 2.31. The van der Waals surface area contributed by atoms with Crippen molar-refractivity contribution in [3.8, 4) is 23.0 Å². The molecular weight excluding hydrogens is 612 g/mol. The fourth-order valence-electron chi connectivity index (χ4n) is 4.72. The van der Waals surface area contributed by atoms with E-state index in [9.17, 15) is 27.0 Å². The number of sulfonamides is 2. The standard InChI is InChI=1S/C29H38N4O9S2/c1-40-28-11-9-25(17-29(28)41-2)44(38,39)31-21-4-6-22(7-5-21)33-14-12-20(13-15-33)30-18-23(34)19-42-24-8-10-27(35)26(16-24)32-43(3,36)37/h4-11,16-17,20,23,30-32,34-35H,12-15,18-19H2,1-3H3/t23-/m0/s1. The Kier molecular flexibility index (Phi) is 10.7. The molecule has 0 aliphatic carbocycles. The third-order valence-electron chi connectivity index (χ3n) is 6.99. The topological polar surface area (TPSA) is 176 Å². The smallest absolute Gasteiger partial charge is 0.262 e. The van der Waals surface area contributed by atoms with Crippen LogP contribution in [0.5, 0.6) is 23.0 Å². The fourth-order valence-corrected chi connectivity index (χ4v) is 6.36. The summed E-state index contributed by atoms with van der Waals surface area (Å²) < 4.78 is 69.5. The van der Waals surface area contributed by atoms with Gasteiger partial charge in [0.1, 0.15) is 24.2 Å². The van der Waals surface area contributed by atoms with Crippen molar-refractivity contribution in [3.05, 3.63) is 60.7 Å². The molecule has 3 aromatic rings. The first-order chi connectivity index (χ1) is 20.9. The van der Waals surface area contributed by atoms with Crippen LogP contribution in [-0.4, -0.2) is 85.9 Å². The van der Waals surface area contributed by atoms with E-state index in [-0.39, 0.29) is 29.0 Å². The van der Waals surface area contributed by atoms with Gasteiger partial charge in [-0.05, 0) is 61.4 Å². The summed E-state index contributed by atoms with van der Waals surface area (Å²) in [6.45, 7) is 1.86. The van der Waals surface area contributed by atoms with Gasteiger partial charge >= 0.3 is 0 Å². The molecule has 1 heterocycles. The second-order valence-electron chi connectivity index (χ2n) is 10.4. The van der Waals surface area contributed by atoms with E-state index in [1.165, 1.54) is 44.6 Å². The number of phenolic OH excluding ortho intramolecular Hbond substituents is 1. The van der Waals surface area contributed by atoms with Gasteiger partial charge in [0.2, 0.25) is 10.0 Å². The molecule has 1 saturated heterocycles. The molecule has 1 fully saturated rings. The van der Waals surface area contributed by atoms with Gasteiger partial charge in [-0.15, -0.1) is 0 Å². The number of aliphatic hydroxyl groups excluding tert-OH is 1. The third kappa shape index (κ3) is 9.05. The highest BCUT2D eigenvalue weighted by atomic mass is 32.2. The first-order valence-electron chi connectivity index (χ1n) is 13.8. The Morgan fingerprint density at radius 3 is 2.23 bits per heavy atom. The van der Waals surface area contributed by atoms with Crippen LogP contribution in [0.4, 0.5) is 17.1 Å². The van der Waals surface area contributed by atoms with Crippen LogP contribution >= 0.6 is 0 Å². The normalized spacial score (nSPS) is 15.0. The summed E-state index contributed by atoms with van der Waals surface area (Å²) in [7, 11) is -4.48. The van der Waals surface area contributed by atoms with Crippen molar-refractivity contribution in [1.29, 1.82) is 0 Å². The van der Waals surface area contributed by atoms with Crippen LogP contribution in [0.3, 0.4) is 0 Å². The van der Waals surface area contributed by atoms with Crippen molar-refractivity contribution in [3.63, 3.8) is 0 Å². The van der Waals surface area contributed by atoms with E-state index in [1.54, 1.807) is 18.2 Å². The van der Waals surface area contributed by atoms with Crippen LogP contribution in [0.1, 0.15) is 12.8 Å². The lowest BCUT2D eigenvalue weighted by atomic mass is 10.0. The Bertz CT molecular complexity index is 1630. The van der Waals surface area contributed by atoms with Gasteiger partial charge in [-0.2, -0.15) is 0 Å². The zero-order valence-electron chi connectivity index (χ0n) is 24.7. The molecule has 0 aromatic heterocycles. The number of nitrogens with one attached hydrogen (secondary N) is 3. The van der Waals surface area contributed by atoms with Gasteiger partial charge in [-0.25, -0.2) is 16.8 Å². The Labute approximate surface area is 257 Å². The van der Waals surface area contributed by atoms with Crippen molar-refractivity contribution in [1.82, 2.24) is 5.32 Å². The quantitative estimate of drug-likeness (QED) is 0.162. The van der Waals surface area contributed by atoms with E-state index in [0.717, 1.165) is 37.9 Å². The van der Waals surface area contributed by atoms with E-state index in [1.807, 2.05) is 12.1 Å². The van der Waals surface area contributed by atoms with Crippen LogP contribution in [0.15, 0.2) is 65.6 Å². The Hall–Kier alpha value is -3.92. The van der Waals surface area contributed by atoms with E-state index >= 15 is 0 Å². The van der Waals surface area contributed by atoms with Crippen LogP contribution in [-0.2, 0) is 20.0 Å². The molecule has 13 nitrogen and oxygen atoms in total. The number of hydrogen-bond acceptors (Lipinski definition) is 11. The molecule has 0 unspecified atom stereocenters. The average Bonchev–Trinajstić information content (AvgIpc) is 2.99. The highest BCUT2D eigenvalue weighted by molar-refractivity contribution is 7.92. The molecule has 0 bridgehead atoms. The van der Waals surface area contributed by atoms with Gasteiger partial charge in [0.15, 0.2) is 11.5 Å². The average molecular weight is 651 g/mol. The number of methoxy groups -OCH3 is 2. The van der Waals surface area contributed by atoms with Crippen LogP contribution in [0.25, 0.3) is 0 Å². The lowest BCUT2D eigenvalue weighted by Crippen LogP contribution is -2.45. The van der Waals surface area contributed by atoms with Crippen LogP contribution in [0, 0.1) is 0 Å². The molecule has 44 heavy (non-hydrogen) atoms. The molecular formula is C29H38N4O9S2. The summed E-state index contributed by atoms with van der Waals surface area (Å²) in [5.41, 5.74) is 1.41. The van der Waals surface area contributed by atoms with Gasteiger partial charge in [-0.3, -0.25) is 9.44 Å². The number of anilines is 3. The molecule has 1 aliphatic heterocycles. The number of piperidine rings is 1. The number of rotatable bonds is 14. The van der Waals surface area contributed by atoms with E-state index in [2.05, 4.69) is 19.7 Å². The molecule has 0 saturated carbocycles. The largest absolute Gasteiger partial charge is 0.506 e.